The van der Waals surface area contributed by atoms with Gasteiger partial charge in [-0.2, -0.15) is 0 Å². The van der Waals surface area contributed by atoms with E-state index in [1.54, 1.807) is 44.3 Å². The number of ketones is 1. The van der Waals surface area contributed by atoms with Gasteiger partial charge in [0.1, 0.15) is 11.6 Å². The molecule has 0 saturated carbocycles. The van der Waals surface area contributed by atoms with Gasteiger partial charge in [0.15, 0.2) is 28.8 Å². The Morgan fingerprint density at radius 1 is 0.907 bits per heavy atom. The number of nitrogens with zero attached hydrogens (tertiary/aromatic N) is 2. The molecule has 0 aliphatic carbocycles. The molecule has 2 heterocycles. The molecule has 0 radical (unpaired) electrons. The van der Waals surface area contributed by atoms with Crippen LogP contribution in [-0.4, -0.2) is 36.6 Å². The highest BCUT2D eigenvalue weighted by molar-refractivity contribution is 5.97. The normalized spacial score (nSPS) is 11.0. The predicted molar refractivity (Wildman–Crippen MR) is 159 cm³/mol. The van der Waals surface area contributed by atoms with E-state index in [4.69, 9.17) is 14.2 Å². The van der Waals surface area contributed by atoms with Gasteiger partial charge in [0, 0.05) is 42.0 Å². The van der Waals surface area contributed by atoms with Crippen LogP contribution in [0.5, 0.6) is 23.0 Å². The quantitative estimate of drug-likeness (QED) is 0.203. The van der Waals surface area contributed by atoms with Gasteiger partial charge in [-0.25, -0.2) is 8.78 Å². The minimum atomic E-state index is -0.681. The molecule has 0 fully saturated rings. The van der Waals surface area contributed by atoms with Crippen molar-refractivity contribution in [2.45, 2.75) is 19.9 Å². The number of hydrogen-bond acceptors (Lipinski definition) is 7. The fraction of sp³-hybridized carbons (Fsp3) is 0.182. The fourth-order valence-corrected chi connectivity index (χ4v) is 4.90. The molecule has 2 aromatic heterocycles. The number of carbonyl (C=O) groups excluding carboxylic acids is 1. The summed E-state index contributed by atoms with van der Waals surface area (Å²) in [6.07, 6.45) is 1.33. The molecule has 10 heteroatoms. The van der Waals surface area contributed by atoms with E-state index in [0.29, 0.717) is 57.2 Å². The zero-order valence-electron chi connectivity index (χ0n) is 24.0. The summed E-state index contributed by atoms with van der Waals surface area (Å²) in [7, 11) is 4.77. The first-order valence-electron chi connectivity index (χ1n) is 13.4. The summed E-state index contributed by atoms with van der Waals surface area (Å²) in [5, 5.41) is 3.61. The number of rotatable bonds is 10. The number of methoxy groups -OCH3 is 2. The van der Waals surface area contributed by atoms with Gasteiger partial charge in [-0.1, -0.05) is 6.07 Å². The number of ether oxygens (including phenoxy) is 3. The number of carbonyl (C=O) groups is 1. The van der Waals surface area contributed by atoms with Crippen molar-refractivity contribution in [1.82, 2.24) is 14.9 Å². The SMILES string of the molecule is CNCc1c(C)cc(C(=O)Cc2ccc(Oc3ccnc4cc(OC)c(OC)cc34)c(F)c2)c(=O)n1-c1ccc(F)cc1. The van der Waals surface area contributed by atoms with Gasteiger partial charge in [-0.3, -0.25) is 19.1 Å². The molecular formula is C33H29F2N3O5. The van der Waals surface area contributed by atoms with Gasteiger partial charge in [0.05, 0.1) is 25.3 Å². The minimum absolute atomic E-state index is 0.0463. The van der Waals surface area contributed by atoms with Crippen LogP contribution in [0.4, 0.5) is 8.78 Å². The monoisotopic (exact) mass is 585 g/mol. The third-order valence-corrected chi connectivity index (χ3v) is 7.04. The molecule has 220 valence electrons. The molecule has 0 aliphatic heterocycles. The Balaban J connectivity index is 1.43. The van der Waals surface area contributed by atoms with E-state index in [1.807, 2.05) is 0 Å². The van der Waals surface area contributed by atoms with Gasteiger partial charge in [0.2, 0.25) is 0 Å². The van der Waals surface area contributed by atoms with Crippen molar-refractivity contribution in [3.8, 4) is 28.7 Å². The van der Waals surface area contributed by atoms with Gasteiger partial charge in [-0.05, 0) is 79.7 Å². The molecule has 8 nitrogen and oxygen atoms in total. The second-order valence-electron chi connectivity index (χ2n) is 9.84. The Hall–Kier alpha value is -5.09. The number of fused-ring (bicyclic) bond motifs is 1. The predicted octanol–water partition coefficient (Wildman–Crippen LogP) is 5.93. The van der Waals surface area contributed by atoms with Crippen LogP contribution in [0.2, 0.25) is 0 Å². The Labute approximate surface area is 246 Å². The van der Waals surface area contributed by atoms with Crippen LogP contribution in [0.1, 0.15) is 27.2 Å². The molecule has 5 rings (SSSR count). The number of Topliss-reactive ketones (excluding diaryl/α,β-unsaturated/α-hetero) is 1. The van der Waals surface area contributed by atoms with Crippen LogP contribution in [0.3, 0.4) is 0 Å². The Kier molecular flexibility index (Phi) is 8.49. The largest absolute Gasteiger partial charge is 0.493 e. The number of pyridine rings is 2. The van der Waals surface area contributed by atoms with Crippen LogP contribution >= 0.6 is 0 Å². The lowest BCUT2D eigenvalue weighted by Crippen LogP contribution is -2.31. The van der Waals surface area contributed by atoms with Crippen LogP contribution in [0, 0.1) is 18.6 Å². The van der Waals surface area contributed by atoms with E-state index in [-0.39, 0.29) is 17.7 Å². The van der Waals surface area contributed by atoms with Gasteiger partial charge >= 0.3 is 0 Å². The lowest BCUT2D eigenvalue weighted by Gasteiger charge is -2.17. The first-order valence-corrected chi connectivity index (χ1v) is 13.4. The molecule has 0 amide bonds. The van der Waals surface area contributed by atoms with E-state index in [2.05, 4.69) is 10.3 Å². The number of aryl methyl sites for hydroxylation is 1. The van der Waals surface area contributed by atoms with Crippen LogP contribution in [-0.2, 0) is 13.0 Å². The summed E-state index contributed by atoms with van der Waals surface area (Å²) in [6, 6.07) is 16.2. The smallest absolute Gasteiger partial charge is 0.266 e. The molecule has 3 aromatic carbocycles. The van der Waals surface area contributed by atoms with Gasteiger partial charge < -0.3 is 19.5 Å². The van der Waals surface area contributed by atoms with E-state index < -0.39 is 23.0 Å². The van der Waals surface area contributed by atoms with Crippen molar-refractivity contribution >= 4 is 16.7 Å². The van der Waals surface area contributed by atoms with Gasteiger partial charge in [0.25, 0.3) is 5.56 Å². The van der Waals surface area contributed by atoms with Crippen molar-refractivity contribution < 1.29 is 27.8 Å². The molecule has 5 aromatic rings. The lowest BCUT2D eigenvalue weighted by atomic mass is 10.0. The average Bonchev–Trinajstić information content (AvgIpc) is 3.00. The second-order valence-corrected chi connectivity index (χ2v) is 9.84. The second kappa shape index (κ2) is 12.4. The number of halogens is 2. The van der Waals surface area contributed by atoms with Crippen molar-refractivity contribution in [3.05, 3.63) is 117 Å². The van der Waals surface area contributed by atoms with E-state index in [0.717, 1.165) is 0 Å². The van der Waals surface area contributed by atoms with Crippen molar-refractivity contribution in [2.24, 2.45) is 0 Å². The molecular weight excluding hydrogens is 556 g/mol. The molecule has 0 spiro atoms. The highest BCUT2D eigenvalue weighted by Gasteiger charge is 2.20. The maximum absolute atomic E-state index is 15.3. The topological polar surface area (TPSA) is 91.7 Å². The maximum Gasteiger partial charge on any atom is 0.266 e. The Morgan fingerprint density at radius 2 is 1.63 bits per heavy atom. The van der Waals surface area contributed by atoms with Crippen LogP contribution in [0.15, 0.2) is 77.7 Å². The summed E-state index contributed by atoms with van der Waals surface area (Å²) in [5.41, 5.74) is 2.13. The standard InChI is InChI=1S/C33H29F2N3O5/c1-19-13-24(33(40)38(27(19)18-36-2)22-8-6-21(34)7-9-22)28(39)15-20-5-10-30(25(35)14-20)43-29-11-12-37-26-17-32(42-4)31(41-3)16-23(26)29/h5-14,16-17,36H,15,18H2,1-4H3. The lowest BCUT2D eigenvalue weighted by molar-refractivity contribution is 0.0991. The third-order valence-electron chi connectivity index (χ3n) is 7.04. The first-order chi connectivity index (χ1) is 20.7. The van der Waals surface area contributed by atoms with E-state index in [1.165, 1.54) is 61.4 Å². The van der Waals surface area contributed by atoms with E-state index in [9.17, 15) is 14.0 Å². The highest BCUT2D eigenvalue weighted by Crippen LogP contribution is 2.37. The maximum atomic E-state index is 15.3. The Morgan fingerprint density at radius 3 is 2.30 bits per heavy atom. The highest BCUT2D eigenvalue weighted by atomic mass is 19.1. The summed E-state index contributed by atoms with van der Waals surface area (Å²) in [5.74, 6) is -0.334. The summed E-state index contributed by atoms with van der Waals surface area (Å²) >= 11 is 0. The number of benzene rings is 3. The average molecular weight is 586 g/mol. The molecule has 0 bridgehead atoms. The summed E-state index contributed by atoms with van der Waals surface area (Å²) in [4.78, 5) is 31.3. The van der Waals surface area contributed by atoms with E-state index >= 15 is 4.39 Å². The van der Waals surface area contributed by atoms with Crippen molar-refractivity contribution in [2.75, 3.05) is 21.3 Å². The zero-order chi connectivity index (χ0) is 30.7. The summed E-state index contributed by atoms with van der Waals surface area (Å²) in [6.45, 7) is 2.15. The molecule has 1 N–H and O–H groups in total. The third kappa shape index (κ3) is 5.96. The molecule has 0 saturated heterocycles. The number of nitrogens with one attached hydrogen (secondary N) is 1. The molecule has 0 unspecified atom stereocenters. The summed E-state index contributed by atoms with van der Waals surface area (Å²) < 4.78 is 46.9. The zero-order valence-corrected chi connectivity index (χ0v) is 24.0. The fourth-order valence-electron chi connectivity index (χ4n) is 4.90. The minimum Gasteiger partial charge on any atom is -0.493 e. The Bertz CT molecular complexity index is 1890. The molecule has 0 aliphatic rings. The molecule has 43 heavy (non-hydrogen) atoms. The molecule has 0 atom stereocenters. The van der Waals surface area contributed by atoms with Crippen LogP contribution < -0.4 is 25.1 Å². The van der Waals surface area contributed by atoms with Gasteiger partial charge in [-0.15, -0.1) is 0 Å². The first kappa shape index (κ1) is 29.4. The van der Waals surface area contributed by atoms with Crippen LogP contribution in [0.25, 0.3) is 16.6 Å². The van der Waals surface area contributed by atoms with Crippen molar-refractivity contribution in [3.63, 3.8) is 0 Å². The number of hydrogen-bond donors (Lipinski definition) is 1. The number of aromatic nitrogens is 2. The van der Waals surface area contributed by atoms with Crippen molar-refractivity contribution in [1.29, 1.82) is 0 Å².